The number of amides is 1. The molecule has 1 rings (SSSR count). The Morgan fingerprint density at radius 3 is 2.35 bits per heavy atom. The second-order valence-electron chi connectivity index (χ2n) is 4.81. The number of rotatable bonds is 9. The summed E-state index contributed by atoms with van der Waals surface area (Å²) in [6.45, 7) is 0.525. The number of aliphatic hydroxyl groups excluding tert-OH is 2. The molecule has 0 radical (unpaired) electrons. The summed E-state index contributed by atoms with van der Waals surface area (Å²) in [6.07, 6.45) is 1.91. The van der Waals surface area contributed by atoms with Crippen LogP contribution in [0.15, 0.2) is 36.0 Å². The Hall–Kier alpha value is -2.56. The quantitative estimate of drug-likeness (QED) is 0.368. The van der Waals surface area contributed by atoms with Gasteiger partial charge in [-0.3, -0.25) is 4.79 Å². The van der Waals surface area contributed by atoms with Gasteiger partial charge in [0.25, 0.3) is 5.91 Å². The zero-order valence-electron chi connectivity index (χ0n) is 12.8. The summed E-state index contributed by atoms with van der Waals surface area (Å²) in [4.78, 5) is 13.5. The zero-order chi connectivity index (χ0) is 17.1. The normalized spacial score (nSPS) is 10.9. The average Bonchev–Trinajstić information content (AvgIpc) is 2.54. The highest BCUT2D eigenvalue weighted by Crippen LogP contribution is 2.09. The molecule has 0 fully saturated rings. The molecule has 1 amide bonds. The molecule has 0 bridgehead atoms. The largest absolute Gasteiger partial charge is 0.508 e. The topological polar surface area (TPSA) is 117 Å². The first-order valence-electron chi connectivity index (χ1n) is 7.24. The van der Waals surface area contributed by atoms with Gasteiger partial charge in [-0.1, -0.05) is 12.1 Å². The van der Waals surface area contributed by atoms with Crippen molar-refractivity contribution in [3.8, 4) is 11.8 Å². The molecule has 0 aliphatic rings. The van der Waals surface area contributed by atoms with Gasteiger partial charge in [-0.2, -0.15) is 5.26 Å². The Balaban J connectivity index is 2.55. The van der Waals surface area contributed by atoms with Gasteiger partial charge in [0.2, 0.25) is 0 Å². The summed E-state index contributed by atoms with van der Waals surface area (Å²) in [7, 11) is 0. The van der Waals surface area contributed by atoms with Crippen molar-refractivity contribution in [1.29, 1.82) is 5.26 Å². The number of nitriles is 1. The Morgan fingerprint density at radius 2 is 1.83 bits per heavy atom. The monoisotopic (exact) mass is 319 g/mol. The third-order valence-electron chi connectivity index (χ3n) is 3.09. The van der Waals surface area contributed by atoms with Crippen LogP contribution in [0.25, 0.3) is 0 Å². The first kappa shape index (κ1) is 18.5. The molecular formula is C16H21N3O4. The van der Waals surface area contributed by atoms with E-state index in [1.54, 1.807) is 24.3 Å². The minimum absolute atomic E-state index is 0.0855. The van der Waals surface area contributed by atoms with Crippen molar-refractivity contribution in [2.75, 3.05) is 32.8 Å². The van der Waals surface area contributed by atoms with Crippen LogP contribution in [-0.4, -0.2) is 59.0 Å². The number of nitrogens with one attached hydrogen (secondary N) is 1. The number of nitrogens with zero attached hydrogens (tertiary/aromatic N) is 2. The van der Waals surface area contributed by atoms with E-state index in [4.69, 9.17) is 15.5 Å². The summed E-state index contributed by atoms with van der Waals surface area (Å²) >= 11 is 0. The van der Waals surface area contributed by atoms with Crippen molar-refractivity contribution >= 4 is 5.91 Å². The van der Waals surface area contributed by atoms with E-state index in [1.165, 1.54) is 11.1 Å². The number of aromatic hydroxyl groups is 1. The summed E-state index contributed by atoms with van der Waals surface area (Å²) < 4.78 is 0. The molecule has 7 heteroatoms. The summed E-state index contributed by atoms with van der Waals surface area (Å²) in [5.74, 6) is -0.326. The molecule has 0 unspecified atom stereocenters. The fraction of sp³-hybridized carbons (Fsp3) is 0.375. The van der Waals surface area contributed by atoms with Crippen LogP contribution in [0.1, 0.15) is 5.56 Å². The maximum absolute atomic E-state index is 12.0. The Kier molecular flexibility index (Phi) is 8.21. The molecule has 124 valence electrons. The number of phenolic OH excluding ortho intramolecular Hbond substituents is 1. The lowest BCUT2D eigenvalue weighted by atomic mass is 10.1. The van der Waals surface area contributed by atoms with E-state index in [0.29, 0.717) is 13.0 Å². The molecule has 0 atom stereocenters. The molecule has 0 aromatic heterocycles. The van der Waals surface area contributed by atoms with Crippen molar-refractivity contribution in [2.45, 2.75) is 6.42 Å². The van der Waals surface area contributed by atoms with Gasteiger partial charge in [0.15, 0.2) is 0 Å². The molecule has 23 heavy (non-hydrogen) atoms. The van der Waals surface area contributed by atoms with Crippen molar-refractivity contribution in [1.82, 2.24) is 10.2 Å². The van der Waals surface area contributed by atoms with Crippen molar-refractivity contribution in [3.05, 3.63) is 41.6 Å². The van der Waals surface area contributed by atoms with Crippen molar-refractivity contribution in [2.24, 2.45) is 0 Å². The van der Waals surface area contributed by atoms with Crippen molar-refractivity contribution < 1.29 is 20.1 Å². The lowest BCUT2D eigenvalue weighted by molar-refractivity contribution is -0.117. The zero-order valence-corrected chi connectivity index (χ0v) is 12.8. The van der Waals surface area contributed by atoms with Crippen LogP contribution in [-0.2, 0) is 11.2 Å². The second kappa shape index (κ2) is 10.2. The fourth-order valence-corrected chi connectivity index (χ4v) is 1.90. The predicted octanol–water partition coefficient (Wildman–Crippen LogP) is -0.255. The molecule has 0 aliphatic carbocycles. The summed E-state index contributed by atoms with van der Waals surface area (Å²) in [5, 5.41) is 38.7. The van der Waals surface area contributed by atoms with E-state index < -0.39 is 5.91 Å². The Morgan fingerprint density at radius 1 is 1.22 bits per heavy atom. The van der Waals surface area contributed by atoms with Crippen LogP contribution in [0.3, 0.4) is 0 Å². The van der Waals surface area contributed by atoms with Crippen LogP contribution < -0.4 is 5.32 Å². The van der Waals surface area contributed by atoms with Gasteiger partial charge in [0.1, 0.15) is 17.4 Å². The van der Waals surface area contributed by atoms with E-state index in [2.05, 4.69) is 5.32 Å². The number of carbonyl (C=O) groups excluding carboxylic acids is 1. The van der Waals surface area contributed by atoms with Gasteiger partial charge >= 0.3 is 0 Å². The van der Waals surface area contributed by atoms with Crippen LogP contribution in [0, 0.1) is 11.3 Å². The van der Waals surface area contributed by atoms with E-state index in [1.807, 2.05) is 6.07 Å². The SMILES string of the molecule is N#C/C(=C/N(CCO)CCO)C(=O)NCCc1ccc(O)cc1. The highest BCUT2D eigenvalue weighted by atomic mass is 16.3. The number of hydrogen-bond acceptors (Lipinski definition) is 6. The molecule has 0 spiro atoms. The van der Waals surface area contributed by atoms with Gasteiger partial charge in [0.05, 0.1) is 13.2 Å². The summed E-state index contributed by atoms with van der Waals surface area (Å²) in [5.41, 5.74) is 0.866. The van der Waals surface area contributed by atoms with Crippen molar-refractivity contribution in [3.63, 3.8) is 0 Å². The highest BCUT2D eigenvalue weighted by Gasteiger charge is 2.10. The number of phenols is 1. The molecule has 0 saturated carbocycles. The molecule has 0 aliphatic heterocycles. The number of hydrogen-bond donors (Lipinski definition) is 4. The van der Waals surface area contributed by atoms with Crippen LogP contribution in [0.5, 0.6) is 5.75 Å². The van der Waals surface area contributed by atoms with Gasteiger partial charge in [-0.25, -0.2) is 0 Å². The number of carbonyl (C=O) groups is 1. The van der Waals surface area contributed by atoms with E-state index >= 15 is 0 Å². The maximum atomic E-state index is 12.0. The third kappa shape index (κ3) is 6.82. The van der Waals surface area contributed by atoms with Gasteiger partial charge in [-0.05, 0) is 24.1 Å². The maximum Gasteiger partial charge on any atom is 0.263 e. The molecule has 4 N–H and O–H groups in total. The Labute approximate surface area is 135 Å². The lowest BCUT2D eigenvalue weighted by Crippen LogP contribution is -2.30. The minimum Gasteiger partial charge on any atom is -0.508 e. The molecule has 0 saturated heterocycles. The van der Waals surface area contributed by atoms with Crippen LogP contribution >= 0.6 is 0 Å². The third-order valence-corrected chi connectivity index (χ3v) is 3.09. The fourth-order valence-electron chi connectivity index (χ4n) is 1.90. The molecule has 0 heterocycles. The predicted molar refractivity (Wildman–Crippen MR) is 84.3 cm³/mol. The van der Waals surface area contributed by atoms with Gasteiger partial charge < -0.3 is 25.5 Å². The highest BCUT2D eigenvalue weighted by molar-refractivity contribution is 5.97. The summed E-state index contributed by atoms with van der Waals surface area (Å²) in [6, 6.07) is 8.47. The van der Waals surface area contributed by atoms with E-state index in [9.17, 15) is 9.90 Å². The first-order chi connectivity index (χ1) is 11.1. The molecule has 1 aromatic carbocycles. The van der Waals surface area contributed by atoms with Gasteiger partial charge in [-0.15, -0.1) is 0 Å². The second-order valence-corrected chi connectivity index (χ2v) is 4.81. The van der Waals surface area contributed by atoms with Crippen LogP contribution in [0.2, 0.25) is 0 Å². The standard InChI is InChI=1S/C16H21N3O4/c17-11-14(12-19(7-9-20)8-10-21)16(23)18-6-5-13-1-3-15(22)4-2-13/h1-4,12,20-22H,5-10H2,(H,18,23)/b14-12-. The van der Waals surface area contributed by atoms with Crippen LogP contribution in [0.4, 0.5) is 0 Å². The van der Waals surface area contributed by atoms with E-state index in [-0.39, 0.29) is 37.6 Å². The molecule has 1 aromatic rings. The molecule has 7 nitrogen and oxygen atoms in total. The lowest BCUT2D eigenvalue weighted by Gasteiger charge is -2.18. The first-order valence-corrected chi connectivity index (χ1v) is 7.24. The minimum atomic E-state index is -0.507. The smallest absolute Gasteiger partial charge is 0.263 e. The van der Waals surface area contributed by atoms with Gasteiger partial charge in [0, 0.05) is 25.8 Å². The Bertz CT molecular complexity index is 558. The average molecular weight is 319 g/mol. The number of aliphatic hydroxyl groups is 2. The molecular weight excluding hydrogens is 298 g/mol. The number of benzene rings is 1. The van der Waals surface area contributed by atoms with E-state index in [0.717, 1.165) is 5.56 Å².